The van der Waals surface area contributed by atoms with Gasteiger partial charge in [-0.05, 0) is 37.3 Å². The van der Waals surface area contributed by atoms with Crippen LogP contribution in [0, 0.1) is 6.92 Å². The Bertz CT molecular complexity index is 931. The molecule has 0 radical (unpaired) electrons. The molecule has 1 aliphatic rings. The molecule has 0 aromatic heterocycles. The highest BCUT2D eigenvalue weighted by atomic mass is 16.5. The molecule has 2 aromatic carbocycles. The monoisotopic (exact) mass is 352 g/mol. The molecule has 1 fully saturated rings. The number of carbonyl (C=O) groups is 3. The number of phenols is 1. The van der Waals surface area contributed by atoms with Gasteiger partial charge in [-0.2, -0.15) is 0 Å². The average Bonchev–Trinajstić information content (AvgIpc) is 2.61. The van der Waals surface area contributed by atoms with Crippen molar-refractivity contribution in [3.8, 4) is 11.5 Å². The maximum Gasteiger partial charge on any atom is 0.335 e. The molecule has 0 bridgehead atoms. The minimum atomic E-state index is -0.821. The molecule has 3 rings (SSSR count). The summed E-state index contributed by atoms with van der Waals surface area (Å²) < 4.78 is 5.00. The Hall–Kier alpha value is -3.61. The van der Waals surface area contributed by atoms with E-state index in [0.717, 1.165) is 10.5 Å². The maximum atomic E-state index is 12.7. The second-order valence-electron chi connectivity index (χ2n) is 5.72. The molecule has 0 spiro atoms. The third-order valence-corrected chi connectivity index (χ3v) is 3.93. The summed E-state index contributed by atoms with van der Waals surface area (Å²) in [4.78, 5) is 37.9. The number of barbiturate groups is 1. The van der Waals surface area contributed by atoms with Crippen LogP contribution in [0.1, 0.15) is 11.1 Å². The van der Waals surface area contributed by atoms with Gasteiger partial charge in [0.25, 0.3) is 11.8 Å². The van der Waals surface area contributed by atoms with Gasteiger partial charge in [0, 0.05) is 11.6 Å². The number of benzene rings is 2. The second kappa shape index (κ2) is 6.72. The van der Waals surface area contributed by atoms with E-state index in [0.29, 0.717) is 11.4 Å². The highest BCUT2D eigenvalue weighted by molar-refractivity contribution is 6.39. The van der Waals surface area contributed by atoms with Crippen LogP contribution >= 0.6 is 0 Å². The van der Waals surface area contributed by atoms with Crippen molar-refractivity contribution in [2.24, 2.45) is 0 Å². The number of anilines is 1. The summed E-state index contributed by atoms with van der Waals surface area (Å²) in [7, 11) is 1.45. The van der Waals surface area contributed by atoms with Crippen LogP contribution in [-0.2, 0) is 9.59 Å². The summed E-state index contributed by atoms with van der Waals surface area (Å²) in [6.07, 6.45) is 1.24. The molecule has 2 aromatic rings. The Morgan fingerprint density at radius 1 is 1.08 bits per heavy atom. The van der Waals surface area contributed by atoms with E-state index < -0.39 is 17.8 Å². The van der Waals surface area contributed by atoms with Crippen LogP contribution in [0.5, 0.6) is 11.5 Å². The van der Waals surface area contributed by atoms with Gasteiger partial charge in [0.2, 0.25) is 0 Å². The van der Waals surface area contributed by atoms with E-state index in [-0.39, 0.29) is 16.9 Å². The number of methoxy groups -OCH3 is 1. The van der Waals surface area contributed by atoms with Crippen LogP contribution in [0.25, 0.3) is 6.08 Å². The number of hydrogen-bond donors (Lipinski definition) is 2. The van der Waals surface area contributed by atoms with Gasteiger partial charge in [0.15, 0.2) is 0 Å². The molecule has 0 unspecified atom stereocenters. The second-order valence-corrected chi connectivity index (χ2v) is 5.72. The number of urea groups is 1. The van der Waals surface area contributed by atoms with E-state index in [1.807, 2.05) is 6.92 Å². The summed E-state index contributed by atoms with van der Waals surface area (Å²) in [5, 5.41) is 12.2. The summed E-state index contributed by atoms with van der Waals surface area (Å²) in [6.45, 7) is 1.88. The fourth-order valence-electron chi connectivity index (χ4n) is 2.51. The summed E-state index contributed by atoms with van der Waals surface area (Å²) >= 11 is 0. The van der Waals surface area contributed by atoms with Gasteiger partial charge in [0.1, 0.15) is 17.1 Å². The molecular formula is C19H16N2O5. The first-order valence-electron chi connectivity index (χ1n) is 7.76. The lowest BCUT2D eigenvalue weighted by Crippen LogP contribution is -2.54. The summed E-state index contributed by atoms with van der Waals surface area (Å²) in [5.74, 6) is -1.31. The Labute approximate surface area is 149 Å². The maximum absolute atomic E-state index is 12.7. The van der Waals surface area contributed by atoms with Gasteiger partial charge in [-0.25, -0.2) is 9.69 Å². The van der Waals surface area contributed by atoms with Crippen LogP contribution in [0.2, 0.25) is 0 Å². The molecule has 7 heteroatoms. The van der Waals surface area contributed by atoms with Crippen LogP contribution in [0.3, 0.4) is 0 Å². The van der Waals surface area contributed by atoms with Crippen molar-refractivity contribution in [2.45, 2.75) is 6.92 Å². The molecular weight excluding hydrogens is 336 g/mol. The number of aryl methyl sites for hydroxylation is 1. The SMILES string of the molecule is COc1ccc(/C=C2\C(=O)NC(=O)N(c3ccc(C)cc3)C2=O)c(O)c1. The molecule has 26 heavy (non-hydrogen) atoms. The molecule has 1 saturated heterocycles. The van der Waals surface area contributed by atoms with Crippen LogP contribution in [0.15, 0.2) is 48.0 Å². The zero-order valence-corrected chi connectivity index (χ0v) is 14.1. The highest BCUT2D eigenvalue weighted by Gasteiger charge is 2.36. The molecule has 0 aliphatic carbocycles. The molecule has 4 amide bonds. The number of carbonyl (C=O) groups excluding carboxylic acids is 3. The third kappa shape index (κ3) is 3.14. The van der Waals surface area contributed by atoms with Crippen molar-refractivity contribution in [1.29, 1.82) is 0 Å². The lowest BCUT2D eigenvalue weighted by molar-refractivity contribution is -0.122. The first-order chi connectivity index (χ1) is 12.4. The molecule has 0 saturated carbocycles. The van der Waals surface area contributed by atoms with Crippen molar-refractivity contribution in [2.75, 3.05) is 12.0 Å². The standard InChI is InChI=1S/C19H16N2O5/c1-11-3-6-13(7-4-11)21-18(24)15(17(23)20-19(21)25)9-12-5-8-14(26-2)10-16(12)22/h3-10,22H,1-2H3,(H,20,23,25)/b15-9+. The quantitative estimate of drug-likeness (QED) is 0.653. The van der Waals surface area contributed by atoms with Crippen LogP contribution < -0.4 is 15.0 Å². The number of nitrogens with one attached hydrogen (secondary N) is 1. The number of amides is 4. The molecule has 1 heterocycles. The highest BCUT2D eigenvalue weighted by Crippen LogP contribution is 2.27. The van der Waals surface area contributed by atoms with Crippen molar-refractivity contribution >= 4 is 29.6 Å². The summed E-state index contributed by atoms with van der Waals surface area (Å²) in [5.41, 5.74) is 1.30. The number of nitrogens with zero attached hydrogens (tertiary/aromatic N) is 1. The zero-order chi connectivity index (χ0) is 18.8. The molecule has 2 N–H and O–H groups in total. The van der Waals surface area contributed by atoms with E-state index in [4.69, 9.17) is 4.74 Å². The normalized spacial score (nSPS) is 16.0. The molecule has 7 nitrogen and oxygen atoms in total. The van der Waals surface area contributed by atoms with E-state index in [1.165, 1.54) is 25.3 Å². The number of imide groups is 2. The van der Waals surface area contributed by atoms with Crippen LogP contribution in [-0.4, -0.2) is 30.1 Å². The molecule has 132 valence electrons. The summed E-state index contributed by atoms with van der Waals surface area (Å²) in [6, 6.07) is 10.4. The molecule has 0 atom stereocenters. The minimum absolute atomic E-state index is 0.156. The number of rotatable bonds is 3. The fraction of sp³-hybridized carbons (Fsp3) is 0.105. The Balaban J connectivity index is 2.01. The van der Waals surface area contributed by atoms with Crippen molar-refractivity contribution in [3.05, 3.63) is 59.2 Å². The Morgan fingerprint density at radius 2 is 1.77 bits per heavy atom. The van der Waals surface area contributed by atoms with E-state index >= 15 is 0 Å². The van der Waals surface area contributed by atoms with Gasteiger partial charge in [-0.3, -0.25) is 14.9 Å². The predicted octanol–water partition coefficient (Wildman–Crippen LogP) is 2.38. The third-order valence-electron chi connectivity index (χ3n) is 3.93. The fourth-order valence-corrected chi connectivity index (χ4v) is 2.51. The predicted molar refractivity (Wildman–Crippen MR) is 94.8 cm³/mol. The van der Waals surface area contributed by atoms with E-state index in [1.54, 1.807) is 30.3 Å². The number of ether oxygens (including phenoxy) is 1. The van der Waals surface area contributed by atoms with Crippen molar-refractivity contribution < 1.29 is 24.2 Å². The zero-order valence-electron chi connectivity index (χ0n) is 14.1. The number of phenolic OH excluding ortho intramolecular Hbond substituents is 1. The Kier molecular flexibility index (Phi) is 4.45. The topological polar surface area (TPSA) is 95.9 Å². The van der Waals surface area contributed by atoms with Crippen molar-refractivity contribution in [1.82, 2.24) is 5.32 Å². The van der Waals surface area contributed by atoms with Crippen LogP contribution in [0.4, 0.5) is 10.5 Å². The van der Waals surface area contributed by atoms with Gasteiger partial charge < -0.3 is 9.84 Å². The van der Waals surface area contributed by atoms with E-state index in [2.05, 4.69) is 5.32 Å². The number of aromatic hydroxyl groups is 1. The smallest absolute Gasteiger partial charge is 0.335 e. The van der Waals surface area contributed by atoms with Crippen molar-refractivity contribution in [3.63, 3.8) is 0 Å². The number of hydrogen-bond acceptors (Lipinski definition) is 5. The van der Waals surface area contributed by atoms with Gasteiger partial charge >= 0.3 is 6.03 Å². The lowest BCUT2D eigenvalue weighted by Gasteiger charge is -2.26. The van der Waals surface area contributed by atoms with E-state index in [9.17, 15) is 19.5 Å². The first kappa shape index (κ1) is 17.2. The lowest BCUT2D eigenvalue weighted by atomic mass is 10.1. The minimum Gasteiger partial charge on any atom is -0.507 e. The largest absolute Gasteiger partial charge is 0.507 e. The molecule has 1 aliphatic heterocycles. The van der Waals surface area contributed by atoms with Gasteiger partial charge in [-0.1, -0.05) is 17.7 Å². The average molecular weight is 352 g/mol. The first-order valence-corrected chi connectivity index (χ1v) is 7.76. The van der Waals surface area contributed by atoms with Gasteiger partial charge in [-0.15, -0.1) is 0 Å². The van der Waals surface area contributed by atoms with Gasteiger partial charge in [0.05, 0.1) is 12.8 Å². The Morgan fingerprint density at radius 3 is 2.38 bits per heavy atom.